The molecule has 0 saturated heterocycles. The van der Waals surface area contributed by atoms with Gasteiger partial charge in [-0.2, -0.15) is 0 Å². The topological polar surface area (TPSA) is 0 Å². The van der Waals surface area contributed by atoms with Crippen molar-refractivity contribution in [3.8, 4) is 0 Å². The molecule has 0 N–H and O–H groups in total. The molecule has 1 rings (SSSR count). The molecule has 0 spiro atoms. The standard InChI is InChI=1S/C5H5.Tl.Zn/c1-3-5-4-2;;/h1-5H;;. The third kappa shape index (κ3) is 3.48. The molecule has 1 aliphatic heterocycles. The quantitative estimate of drug-likeness (QED) is 0.568. The first kappa shape index (κ1) is 7.90. The summed E-state index contributed by atoms with van der Waals surface area (Å²) in [5.74, 6) is 0. The molecule has 0 fully saturated rings. The van der Waals surface area contributed by atoms with E-state index in [0.29, 0.717) is 0 Å². The third-order valence-corrected chi connectivity index (χ3v) is 4.12. The summed E-state index contributed by atoms with van der Waals surface area (Å²) in [6.45, 7) is 0. The minimum Gasteiger partial charge on any atom is 0 e. The molecule has 0 bridgehead atoms. The molecule has 1 aliphatic rings. The molecule has 0 nitrogen and oxygen atoms in total. The number of hydrogen-bond donors (Lipinski definition) is 0. The second kappa shape index (κ2) is 5.04. The molecule has 0 amide bonds. The summed E-state index contributed by atoms with van der Waals surface area (Å²) < 4.78 is 4.67. The van der Waals surface area contributed by atoms with Crippen molar-refractivity contribution in [2.24, 2.45) is 0 Å². The summed E-state index contributed by atoms with van der Waals surface area (Å²) in [7, 11) is 0. The van der Waals surface area contributed by atoms with Crippen molar-refractivity contribution < 1.29 is 19.5 Å². The van der Waals surface area contributed by atoms with Crippen LogP contribution in [0.25, 0.3) is 0 Å². The molecule has 0 atom stereocenters. The van der Waals surface area contributed by atoms with Crippen molar-refractivity contribution in [1.29, 1.82) is 0 Å². The molecule has 0 aromatic carbocycles. The van der Waals surface area contributed by atoms with Crippen LogP contribution >= 0.6 is 0 Å². The van der Waals surface area contributed by atoms with E-state index in [1.165, 1.54) is 0 Å². The summed E-state index contributed by atoms with van der Waals surface area (Å²) in [6, 6.07) is 0. The molecule has 0 radical (unpaired) electrons. The van der Waals surface area contributed by atoms with E-state index < -0.39 is 0 Å². The van der Waals surface area contributed by atoms with Gasteiger partial charge >= 0.3 is 49.2 Å². The summed E-state index contributed by atoms with van der Waals surface area (Å²) in [5.41, 5.74) is 0. The zero-order valence-corrected chi connectivity index (χ0v) is 11.6. The zero-order chi connectivity index (χ0) is 4.24. The molecule has 7 heavy (non-hydrogen) atoms. The normalized spacial score (nSPS) is 12.6. The van der Waals surface area contributed by atoms with Crippen LogP contribution in [0.4, 0.5) is 0 Å². The Kier molecular flexibility index (Phi) is 5.69. The zero-order valence-electron chi connectivity index (χ0n) is 4.17. The monoisotopic (exact) mass is 334 g/mol. The van der Waals surface area contributed by atoms with Crippen LogP contribution < -0.4 is 0 Å². The van der Waals surface area contributed by atoms with Crippen molar-refractivity contribution in [3.05, 3.63) is 21.9 Å². The van der Waals surface area contributed by atoms with Crippen molar-refractivity contribution in [2.75, 3.05) is 0 Å². The smallest absolute Gasteiger partial charge is 0 e. The molecule has 0 saturated carbocycles. The molecule has 2 heteroatoms. The first-order chi connectivity index (χ1) is 3.00. The average molecular weight is 335 g/mol. The predicted molar refractivity (Wildman–Crippen MR) is 30.1 cm³/mol. The second-order valence-corrected chi connectivity index (χ2v) is 5.64. The fourth-order valence-electron chi connectivity index (χ4n) is 0.385. The van der Waals surface area contributed by atoms with Gasteiger partial charge in [0.15, 0.2) is 0 Å². The Bertz CT molecular complexity index is 77.5. The summed E-state index contributed by atoms with van der Waals surface area (Å²) >= 11 is -0.380. The maximum absolute atomic E-state index is 2.33. The molecular weight excluding hydrogens is 330 g/mol. The Balaban J connectivity index is 0.000000360. The van der Waals surface area contributed by atoms with E-state index in [9.17, 15) is 0 Å². The SMILES string of the molecule is C1=C[CH]=[Tl][CH]=C1.[Zn]. The Morgan fingerprint density at radius 2 is 1.86 bits per heavy atom. The molecule has 0 aromatic rings. The minimum absolute atomic E-state index is 0. The van der Waals surface area contributed by atoms with Crippen LogP contribution in [0.1, 0.15) is 0 Å². The van der Waals surface area contributed by atoms with Gasteiger partial charge in [0.05, 0.1) is 0 Å². The van der Waals surface area contributed by atoms with Crippen LogP contribution in [0.5, 0.6) is 0 Å². The van der Waals surface area contributed by atoms with Gasteiger partial charge in [-0.15, -0.1) is 0 Å². The van der Waals surface area contributed by atoms with E-state index in [2.05, 4.69) is 25.4 Å². The molecule has 0 unspecified atom stereocenters. The van der Waals surface area contributed by atoms with Gasteiger partial charge < -0.3 is 0 Å². The fourth-order valence-corrected chi connectivity index (χ4v) is 2.88. The van der Waals surface area contributed by atoms with Crippen LogP contribution in [-0.2, 0) is 19.5 Å². The molecule has 1 heterocycles. The number of rotatable bonds is 0. The number of allylic oxidation sites excluding steroid dienone is 3. The summed E-state index contributed by atoms with van der Waals surface area (Å²) in [5, 5.41) is 0. The van der Waals surface area contributed by atoms with Crippen LogP contribution in [0.2, 0.25) is 0 Å². The van der Waals surface area contributed by atoms with Crippen molar-refractivity contribution >= 4 is 27.3 Å². The van der Waals surface area contributed by atoms with Crippen LogP contribution in [-0.4, -0.2) is 27.3 Å². The van der Waals surface area contributed by atoms with Crippen molar-refractivity contribution in [3.63, 3.8) is 0 Å². The predicted octanol–water partition coefficient (Wildman–Crippen LogP) is 0.574. The van der Waals surface area contributed by atoms with E-state index in [-0.39, 0.29) is 43.2 Å². The Morgan fingerprint density at radius 1 is 1.00 bits per heavy atom. The summed E-state index contributed by atoms with van der Waals surface area (Å²) in [6.07, 6.45) is 6.38. The molecule has 0 aromatic heterocycles. The number of hydrogen-bond acceptors (Lipinski definition) is 0. The van der Waals surface area contributed by atoms with Crippen LogP contribution in [0.15, 0.2) is 21.9 Å². The largest absolute Gasteiger partial charge is 0 e. The van der Waals surface area contributed by atoms with Gasteiger partial charge in [0, 0.05) is 19.5 Å². The molecule has 0 aliphatic carbocycles. The van der Waals surface area contributed by atoms with Crippen molar-refractivity contribution in [1.82, 2.24) is 0 Å². The average Bonchev–Trinajstić information content (AvgIpc) is 1.72. The van der Waals surface area contributed by atoms with Gasteiger partial charge in [-0.25, -0.2) is 0 Å². The fraction of sp³-hybridized carbons (Fsp3) is 0. The van der Waals surface area contributed by atoms with E-state index in [0.717, 1.165) is 0 Å². The Morgan fingerprint density at radius 3 is 2.00 bits per heavy atom. The van der Waals surface area contributed by atoms with Gasteiger partial charge in [0.1, 0.15) is 0 Å². The maximum atomic E-state index is 2.33. The molecule has 30 valence electrons. The third-order valence-electron chi connectivity index (χ3n) is 0.667. The Hall–Kier alpha value is 0.895. The van der Waals surface area contributed by atoms with Gasteiger partial charge in [-0.05, 0) is 0 Å². The molecular formula is C5H5TlZn. The van der Waals surface area contributed by atoms with Gasteiger partial charge in [0.25, 0.3) is 0 Å². The minimum atomic E-state index is -0.380. The maximum Gasteiger partial charge on any atom is 0 e. The van der Waals surface area contributed by atoms with E-state index >= 15 is 0 Å². The second-order valence-electron chi connectivity index (χ2n) is 1.15. The first-order valence-corrected chi connectivity index (χ1v) is 7.18. The first-order valence-electron chi connectivity index (χ1n) is 2.00. The van der Waals surface area contributed by atoms with Crippen LogP contribution in [0.3, 0.4) is 0 Å². The summed E-state index contributed by atoms with van der Waals surface area (Å²) in [4.78, 5) is 0. The van der Waals surface area contributed by atoms with Gasteiger partial charge in [0.2, 0.25) is 0 Å². The van der Waals surface area contributed by atoms with Gasteiger partial charge in [-0.1, -0.05) is 0 Å². The van der Waals surface area contributed by atoms with E-state index in [1.807, 2.05) is 0 Å². The van der Waals surface area contributed by atoms with E-state index in [4.69, 9.17) is 0 Å². The van der Waals surface area contributed by atoms with E-state index in [1.54, 1.807) is 0 Å². The van der Waals surface area contributed by atoms with Gasteiger partial charge in [-0.3, -0.25) is 0 Å². The Labute approximate surface area is 68.1 Å². The van der Waals surface area contributed by atoms with Crippen LogP contribution in [0, 0.1) is 0 Å². The van der Waals surface area contributed by atoms with Crippen molar-refractivity contribution in [2.45, 2.75) is 0 Å².